The van der Waals surface area contributed by atoms with Crippen LogP contribution >= 0.6 is 27.3 Å². The van der Waals surface area contributed by atoms with Gasteiger partial charge in [0.15, 0.2) is 4.96 Å². The largest absolute Gasteiger partial charge is 0.693 e. The molecule has 0 amide bonds. The summed E-state index contributed by atoms with van der Waals surface area (Å²) in [5.41, 5.74) is 6.21. The van der Waals surface area contributed by atoms with Crippen LogP contribution in [0.1, 0.15) is 18.7 Å². The average molecular weight is 308 g/mol. The first-order chi connectivity index (χ1) is 6.61. The van der Waals surface area contributed by atoms with Crippen LogP contribution in [-0.2, 0) is 0 Å². The van der Waals surface area contributed by atoms with Crippen molar-refractivity contribution in [3.05, 3.63) is 38.2 Å². The Morgan fingerprint density at radius 1 is 1.62 bits per heavy atom. The van der Waals surface area contributed by atoms with Crippen molar-refractivity contribution < 1.29 is 0 Å². The molecule has 0 fully saturated rings. The maximum absolute atomic E-state index is 11.7. The van der Waals surface area contributed by atoms with E-state index >= 15 is 0 Å². The highest BCUT2D eigenvalue weighted by atomic mass is 79.9. The topological polar surface area (TPSA) is 130 Å². The van der Waals surface area contributed by atoms with Crippen molar-refractivity contribution in [1.82, 2.24) is 15.5 Å². The Labute approximate surface area is 105 Å². The van der Waals surface area contributed by atoms with Gasteiger partial charge in [-0.05, 0) is 22.9 Å². The first-order valence-electron chi connectivity index (χ1n) is 4.02. The van der Waals surface area contributed by atoms with E-state index in [0.29, 0.717) is 15.1 Å². The molecule has 8 N–H and O–H groups in total. The first-order valence-corrected chi connectivity index (χ1v) is 5.69. The lowest BCUT2D eigenvalue weighted by Crippen LogP contribution is -2.19. The van der Waals surface area contributed by atoms with E-state index in [2.05, 4.69) is 20.9 Å². The van der Waals surface area contributed by atoms with Crippen LogP contribution in [0, 0.1) is 0 Å². The molecule has 2 aromatic rings. The van der Waals surface area contributed by atoms with Gasteiger partial charge < -0.3 is 18.0 Å². The molecule has 1 unspecified atom stereocenters. The Bertz CT molecular complexity index is 535. The Morgan fingerprint density at radius 2 is 2.25 bits per heavy atom. The van der Waals surface area contributed by atoms with Gasteiger partial charge in [-0.3, -0.25) is 9.20 Å². The number of halogens is 1. The second kappa shape index (κ2) is 5.51. The maximum atomic E-state index is 11.7. The lowest BCUT2D eigenvalue weighted by molar-refractivity contribution is 0.769. The monoisotopic (exact) mass is 307 g/mol. The number of nitrogens with two attached hydrogens (primary N) is 2. The summed E-state index contributed by atoms with van der Waals surface area (Å²) >= 11 is 4.63. The van der Waals surface area contributed by atoms with Gasteiger partial charge in [0.1, 0.15) is 4.47 Å². The van der Waals surface area contributed by atoms with E-state index in [-0.39, 0.29) is 23.9 Å². The van der Waals surface area contributed by atoms with Gasteiger partial charge >= 0.3 is 0 Å². The zero-order valence-corrected chi connectivity index (χ0v) is 11.4. The van der Waals surface area contributed by atoms with Gasteiger partial charge in [-0.15, -0.1) is 11.3 Å². The third-order valence-electron chi connectivity index (χ3n) is 1.87. The van der Waals surface area contributed by atoms with Crippen LogP contribution in [0.4, 0.5) is 0 Å². The van der Waals surface area contributed by atoms with Crippen LogP contribution in [0.5, 0.6) is 0 Å². The third kappa shape index (κ3) is 2.30. The number of hydrogen-bond donors (Lipinski definition) is 2. The van der Waals surface area contributed by atoms with Gasteiger partial charge in [0.2, 0.25) is 0 Å². The predicted molar refractivity (Wildman–Crippen MR) is 70.9 cm³/mol. The molecular weight excluding hydrogens is 294 g/mol. The Balaban J connectivity index is 0.00000112. The highest BCUT2D eigenvalue weighted by Gasteiger charge is 2.13. The fraction of sp³-hybridized carbons (Fsp3) is 0.250. The van der Waals surface area contributed by atoms with E-state index in [0.717, 1.165) is 0 Å². The highest BCUT2D eigenvalue weighted by Crippen LogP contribution is 2.18. The SMILES string of the molecule is CC(N)c1nc2sccn2c(=O)c1Br.[NH2-].[NH4+]. The molecule has 0 aromatic carbocycles. The molecule has 6 nitrogen and oxygen atoms in total. The van der Waals surface area contributed by atoms with Gasteiger partial charge in [-0.2, -0.15) is 0 Å². The molecule has 1 atom stereocenters. The number of rotatable bonds is 1. The average Bonchev–Trinajstić information content (AvgIpc) is 2.58. The Hall–Kier alpha value is -0.800. The number of quaternary nitrogens is 1. The van der Waals surface area contributed by atoms with Crippen molar-refractivity contribution >= 4 is 32.2 Å². The molecule has 2 aromatic heterocycles. The van der Waals surface area contributed by atoms with Crippen LogP contribution in [-0.4, -0.2) is 9.38 Å². The van der Waals surface area contributed by atoms with Crippen molar-refractivity contribution in [2.75, 3.05) is 0 Å². The zero-order valence-electron chi connectivity index (χ0n) is 8.98. The summed E-state index contributed by atoms with van der Waals surface area (Å²) in [6.07, 6.45) is 1.70. The molecule has 0 saturated heterocycles. The first kappa shape index (κ1) is 15.2. The number of fused-ring (bicyclic) bond motifs is 1. The van der Waals surface area contributed by atoms with Gasteiger partial charge in [-0.25, -0.2) is 4.98 Å². The van der Waals surface area contributed by atoms with Crippen molar-refractivity contribution in [3.63, 3.8) is 0 Å². The smallest absolute Gasteiger partial charge is 0.273 e. The molecule has 0 spiro atoms. The number of thiazole rings is 1. The molecule has 2 rings (SSSR count). The minimum absolute atomic E-state index is 0. The standard InChI is InChI=1S/C8H8BrN3OS.H3N.H2N/c1-4(10)6-5(9)7(13)12-2-3-14-8(12)11-6;;/h2-4H,10H2,1H3;1H3;1H2/q;;-1/p+1. The Morgan fingerprint density at radius 3 is 2.81 bits per heavy atom. The molecule has 0 aliphatic carbocycles. The summed E-state index contributed by atoms with van der Waals surface area (Å²) in [5.74, 6) is 0. The quantitative estimate of drug-likeness (QED) is 0.839. The molecule has 90 valence electrons. The van der Waals surface area contributed by atoms with Gasteiger partial charge in [-0.1, -0.05) is 0 Å². The van der Waals surface area contributed by atoms with E-state index in [4.69, 9.17) is 5.73 Å². The molecule has 16 heavy (non-hydrogen) atoms. The minimum atomic E-state index is -0.246. The minimum Gasteiger partial charge on any atom is -0.693 e. The molecule has 0 aliphatic heterocycles. The van der Waals surface area contributed by atoms with E-state index in [1.54, 1.807) is 13.1 Å². The highest BCUT2D eigenvalue weighted by molar-refractivity contribution is 9.10. The summed E-state index contributed by atoms with van der Waals surface area (Å²) in [5, 5.41) is 1.82. The predicted octanol–water partition coefficient (Wildman–Crippen LogP) is 2.63. The van der Waals surface area contributed by atoms with Gasteiger partial charge in [0, 0.05) is 17.6 Å². The molecule has 0 bridgehead atoms. The second-order valence-corrected chi connectivity index (χ2v) is 4.63. The molecule has 2 heterocycles. The van der Waals surface area contributed by atoms with Crippen LogP contribution in [0.3, 0.4) is 0 Å². The number of aromatic nitrogens is 2. The van der Waals surface area contributed by atoms with Crippen molar-refractivity contribution in [2.45, 2.75) is 13.0 Å². The van der Waals surface area contributed by atoms with Crippen LogP contribution in [0.25, 0.3) is 11.1 Å². The fourth-order valence-electron chi connectivity index (χ4n) is 1.18. The van der Waals surface area contributed by atoms with E-state index in [9.17, 15) is 4.79 Å². The zero-order chi connectivity index (χ0) is 10.3. The van der Waals surface area contributed by atoms with Crippen molar-refractivity contribution in [2.24, 2.45) is 5.73 Å². The van der Waals surface area contributed by atoms with Crippen molar-refractivity contribution in [1.29, 1.82) is 0 Å². The third-order valence-corrected chi connectivity index (χ3v) is 3.37. The van der Waals surface area contributed by atoms with Crippen LogP contribution < -0.4 is 17.4 Å². The molecule has 0 saturated carbocycles. The summed E-state index contributed by atoms with van der Waals surface area (Å²) in [6.45, 7) is 1.80. The Kier molecular flexibility index (Phi) is 5.23. The number of nitrogens with zero attached hydrogens (tertiary/aromatic N) is 2. The number of hydrogen-bond acceptors (Lipinski definition) is 4. The van der Waals surface area contributed by atoms with Gasteiger partial charge in [0.05, 0.1) is 5.69 Å². The van der Waals surface area contributed by atoms with Gasteiger partial charge in [0.25, 0.3) is 5.56 Å². The summed E-state index contributed by atoms with van der Waals surface area (Å²) < 4.78 is 1.95. The fourth-order valence-corrected chi connectivity index (χ4v) is 2.53. The summed E-state index contributed by atoms with van der Waals surface area (Å²) in [7, 11) is 0. The van der Waals surface area contributed by atoms with Crippen LogP contribution in [0.15, 0.2) is 20.8 Å². The summed E-state index contributed by atoms with van der Waals surface area (Å²) in [6, 6.07) is -0.246. The molecule has 0 radical (unpaired) electrons. The molecular formula is C8H14BrN5OS. The molecule has 0 aliphatic rings. The maximum Gasteiger partial charge on any atom is 0.273 e. The molecule has 8 heteroatoms. The lowest BCUT2D eigenvalue weighted by atomic mass is 10.2. The van der Waals surface area contributed by atoms with Crippen molar-refractivity contribution in [3.8, 4) is 0 Å². The summed E-state index contributed by atoms with van der Waals surface area (Å²) in [4.78, 5) is 16.7. The van der Waals surface area contributed by atoms with E-state index < -0.39 is 0 Å². The normalized spacial score (nSPS) is 11.7. The second-order valence-electron chi connectivity index (χ2n) is 2.96. The van der Waals surface area contributed by atoms with E-state index in [1.165, 1.54) is 15.7 Å². The lowest BCUT2D eigenvalue weighted by Gasteiger charge is -2.06. The van der Waals surface area contributed by atoms with E-state index in [1.807, 2.05) is 5.38 Å². The van der Waals surface area contributed by atoms with Crippen LogP contribution in [0.2, 0.25) is 0 Å².